The van der Waals surface area contributed by atoms with E-state index in [4.69, 9.17) is 5.11 Å². The first-order valence-electron chi connectivity index (χ1n) is 8.65. The molecule has 2 N–H and O–H groups in total. The maximum atomic E-state index is 12.3. The van der Waals surface area contributed by atoms with Gasteiger partial charge in [0.1, 0.15) is 0 Å². The fourth-order valence-electron chi connectivity index (χ4n) is 3.20. The largest absolute Gasteiger partial charge is 0.396 e. The normalized spacial score (nSPS) is 19.0. The number of rotatable bonds is 6. The Kier molecular flexibility index (Phi) is 6.19. The number of nitrogens with zero attached hydrogens (tertiary/aromatic N) is 1. The lowest BCUT2D eigenvalue weighted by atomic mass is 9.87. The molecule has 1 fully saturated rings. The smallest absolute Gasteiger partial charge is 0.238 e. The zero-order chi connectivity index (χ0) is 16.9. The molecule has 1 aromatic carbocycles. The van der Waals surface area contributed by atoms with Crippen molar-refractivity contribution in [3.05, 3.63) is 29.8 Å². The first-order valence-corrected chi connectivity index (χ1v) is 8.65. The fraction of sp³-hybridized carbons (Fsp3) is 0.632. The van der Waals surface area contributed by atoms with E-state index < -0.39 is 0 Å². The number of likely N-dealkylation sites (tertiary alicyclic amines) is 1. The van der Waals surface area contributed by atoms with Crippen molar-refractivity contribution in [2.75, 3.05) is 25.0 Å². The first kappa shape index (κ1) is 18.0. The van der Waals surface area contributed by atoms with Crippen molar-refractivity contribution in [2.45, 2.75) is 57.9 Å². The van der Waals surface area contributed by atoms with Gasteiger partial charge in [0, 0.05) is 18.3 Å². The van der Waals surface area contributed by atoms with Crippen LogP contribution in [-0.4, -0.2) is 41.7 Å². The minimum atomic E-state index is 0.0457. The molecule has 2 rings (SSSR count). The van der Waals surface area contributed by atoms with Crippen molar-refractivity contribution >= 4 is 11.6 Å². The van der Waals surface area contributed by atoms with E-state index in [-0.39, 0.29) is 17.9 Å². The molecule has 0 bridgehead atoms. The van der Waals surface area contributed by atoms with Crippen molar-refractivity contribution in [1.82, 2.24) is 4.90 Å². The molecule has 1 aliphatic rings. The van der Waals surface area contributed by atoms with Crippen molar-refractivity contribution in [3.63, 3.8) is 0 Å². The van der Waals surface area contributed by atoms with Crippen molar-refractivity contribution < 1.29 is 9.90 Å². The predicted molar refractivity (Wildman–Crippen MR) is 94.7 cm³/mol. The predicted octanol–water partition coefficient (Wildman–Crippen LogP) is 3.16. The van der Waals surface area contributed by atoms with Gasteiger partial charge in [0.05, 0.1) is 6.54 Å². The summed E-state index contributed by atoms with van der Waals surface area (Å²) in [5, 5.41) is 12.0. The summed E-state index contributed by atoms with van der Waals surface area (Å²) in [5.41, 5.74) is 2.24. The van der Waals surface area contributed by atoms with Crippen LogP contribution in [0.2, 0.25) is 0 Å². The van der Waals surface area contributed by atoms with Crippen molar-refractivity contribution in [2.24, 2.45) is 0 Å². The topological polar surface area (TPSA) is 52.6 Å². The van der Waals surface area contributed by atoms with E-state index in [9.17, 15) is 4.79 Å². The number of hydrogen-bond acceptors (Lipinski definition) is 3. The van der Waals surface area contributed by atoms with E-state index in [2.05, 4.69) is 43.1 Å². The average Bonchev–Trinajstić information content (AvgIpc) is 2.91. The second-order valence-corrected chi connectivity index (χ2v) is 7.51. The maximum absolute atomic E-state index is 12.3. The van der Waals surface area contributed by atoms with Crippen molar-refractivity contribution in [1.29, 1.82) is 0 Å². The van der Waals surface area contributed by atoms with Gasteiger partial charge in [0.2, 0.25) is 5.91 Å². The van der Waals surface area contributed by atoms with Crippen LogP contribution < -0.4 is 5.32 Å². The fourth-order valence-corrected chi connectivity index (χ4v) is 3.20. The molecule has 1 heterocycles. The van der Waals surface area contributed by atoms with Crippen LogP contribution >= 0.6 is 0 Å². The number of nitrogens with one attached hydrogen (secondary N) is 1. The Morgan fingerprint density at radius 2 is 2.00 bits per heavy atom. The van der Waals surface area contributed by atoms with Crippen LogP contribution in [0.1, 0.15) is 52.0 Å². The second kappa shape index (κ2) is 7.93. The van der Waals surface area contributed by atoms with Crippen LogP contribution in [0, 0.1) is 0 Å². The minimum Gasteiger partial charge on any atom is -0.396 e. The zero-order valence-electron chi connectivity index (χ0n) is 14.6. The number of carbonyl (C=O) groups excluding carboxylic acids is 1. The molecule has 1 unspecified atom stereocenters. The summed E-state index contributed by atoms with van der Waals surface area (Å²) in [5.74, 6) is 0.0457. The molecule has 23 heavy (non-hydrogen) atoms. The van der Waals surface area contributed by atoms with E-state index in [0.717, 1.165) is 37.9 Å². The summed E-state index contributed by atoms with van der Waals surface area (Å²) >= 11 is 0. The molecule has 128 valence electrons. The number of hydrogen-bond donors (Lipinski definition) is 2. The molecule has 1 saturated heterocycles. The molecule has 1 amide bonds. The Labute approximate surface area is 139 Å². The summed E-state index contributed by atoms with van der Waals surface area (Å²) in [6.07, 6.45) is 4.07. The molecule has 0 spiro atoms. The van der Waals surface area contributed by atoms with Crippen LogP contribution in [0.3, 0.4) is 0 Å². The molecule has 4 nitrogen and oxygen atoms in total. The van der Waals surface area contributed by atoms with Crippen LogP contribution in [0.4, 0.5) is 5.69 Å². The lowest BCUT2D eigenvalue weighted by Crippen LogP contribution is -2.36. The molecule has 4 heteroatoms. The average molecular weight is 318 g/mol. The number of aliphatic hydroxyl groups excluding tert-OH is 1. The third-order valence-electron chi connectivity index (χ3n) is 4.58. The summed E-state index contributed by atoms with van der Waals surface area (Å²) in [4.78, 5) is 14.5. The standard InChI is InChI=1S/C19H30N2O2/c1-19(2,3)15-8-10-16(11-9-15)20-18(23)14-21-12-4-6-17(21)7-5-13-22/h8-11,17,22H,4-7,12-14H2,1-3H3,(H,20,23). The molecule has 0 aromatic heterocycles. The quantitative estimate of drug-likeness (QED) is 0.847. The number of anilines is 1. The Balaban J connectivity index is 1.87. The lowest BCUT2D eigenvalue weighted by Gasteiger charge is -2.23. The summed E-state index contributed by atoms with van der Waals surface area (Å²) in [6, 6.07) is 8.55. The molecule has 1 aromatic rings. The van der Waals surface area contributed by atoms with Crippen LogP contribution in [0.15, 0.2) is 24.3 Å². The van der Waals surface area contributed by atoms with Crippen LogP contribution in [-0.2, 0) is 10.2 Å². The third kappa shape index (κ3) is 5.33. The number of benzene rings is 1. The number of carbonyl (C=O) groups is 1. The SMILES string of the molecule is CC(C)(C)c1ccc(NC(=O)CN2CCCC2CCCO)cc1. The number of aliphatic hydroxyl groups is 1. The molecule has 1 aliphatic heterocycles. The Bertz CT molecular complexity index is 505. The Hall–Kier alpha value is -1.39. The highest BCUT2D eigenvalue weighted by Gasteiger charge is 2.25. The van der Waals surface area contributed by atoms with E-state index in [1.807, 2.05) is 12.1 Å². The van der Waals surface area contributed by atoms with Gasteiger partial charge in [-0.05, 0) is 55.3 Å². The van der Waals surface area contributed by atoms with Gasteiger partial charge in [-0.3, -0.25) is 9.69 Å². The van der Waals surface area contributed by atoms with Crippen molar-refractivity contribution in [3.8, 4) is 0 Å². The van der Waals surface area contributed by atoms with E-state index in [1.54, 1.807) is 0 Å². The van der Waals surface area contributed by atoms with E-state index >= 15 is 0 Å². The van der Waals surface area contributed by atoms with Gasteiger partial charge in [-0.25, -0.2) is 0 Å². The second-order valence-electron chi connectivity index (χ2n) is 7.51. The molecule has 0 radical (unpaired) electrons. The Morgan fingerprint density at radius 3 is 2.61 bits per heavy atom. The van der Waals surface area contributed by atoms with E-state index in [1.165, 1.54) is 5.56 Å². The maximum Gasteiger partial charge on any atom is 0.238 e. The first-order chi connectivity index (χ1) is 10.9. The summed E-state index contributed by atoms with van der Waals surface area (Å²) < 4.78 is 0. The van der Waals surface area contributed by atoms with Gasteiger partial charge >= 0.3 is 0 Å². The highest BCUT2D eigenvalue weighted by Crippen LogP contribution is 2.24. The van der Waals surface area contributed by atoms with Crippen LogP contribution in [0.5, 0.6) is 0 Å². The van der Waals surface area contributed by atoms with Gasteiger partial charge in [-0.1, -0.05) is 32.9 Å². The minimum absolute atomic E-state index is 0.0457. The summed E-state index contributed by atoms with van der Waals surface area (Å²) in [6.45, 7) is 8.20. The summed E-state index contributed by atoms with van der Waals surface area (Å²) in [7, 11) is 0. The molecule has 0 aliphatic carbocycles. The molecule has 0 saturated carbocycles. The zero-order valence-corrected chi connectivity index (χ0v) is 14.6. The molecule has 1 atom stereocenters. The van der Waals surface area contributed by atoms with Gasteiger partial charge in [0.15, 0.2) is 0 Å². The number of amides is 1. The Morgan fingerprint density at radius 1 is 1.30 bits per heavy atom. The highest BCUT2D eigenvalue weighted by molar-refractivity contribution is 5.92. The van der Waals surface area contributed by atoms with Crippen LogP contribution in [0.25, 0.3) is 0 Å². The van der Waals surface area contributed by atoms with Gasteiger partial charge in [0.25, 0.3) is 0 Å². The monoisotopic (exact) mass is 318 g/mol. The van der Waals surface area contributed by atoms with Gasteiger partial charge in [-0.15, -0.1) is 0 Å². The molecular weight excluding hydrogens is 288 g/mol. The van der Waals surface area contributed by atoms with Gasteiger partial charge < -0.3 is 10.4 Å². The lowest BCUT2D eigenvalue weighted by molar-refractivity contribution is -0.117. The van der Waals surface area contributed by atoms with E-state index in [0.29, 0.717) is 12.6 Å². The third-order valence-corrected chi connectivity index (χ3v) is 4.58. The molecular formula is C19H30N2O2. The highest BCUT2D eigenvalue weighted by atomic mass is 16.3. The van der Waals surface area contributed by atoms with Gasteiger partial charge in [-0.2, -0.15) is 0 Å².